The second-order valence-electron chi connectivity index (χ2n) is 4.83. The van der Waals surface area contributed by atoms with Crippen molar-refractivity contribution in [1.82, 2.24) is 10.2 Å². The van der Waals surface area contributed by atoms with E-state index in [1.54, 1.807) is 6.92 Å². The van der Waals surface area contributed by atoms with E-state index < -0.39 is 0 Å². The van der Waals surface area contributed by atoms with Gasteiger partial charge in [0, 0.05) is 0 Å². The number of carbonyl (C=O) groups excluding carboxylic acids is 2. The van der Waals surface area contributed by atoms with Crippen molar-refractivity contribution in [3.8, 4) is 0 Å². The predicted octanol–water partition coefficient (Wildman–Crippen LogP) is 3.33. The molecule has 8 heteroatoms. The highest BCUT2D eigenvalue weighted by Crippen LogP contribution is 2.27. The van der Waals surface area contributed by atoms with Crippen molar-refractivity contribution in [3.05, 3.63) is 35.9 Å². The molecule has 2 aromatic rings. The van der Waals surface area contributed by atoms with Gasteiger partial charge in [0.1, 0.15) is 0 Å². The van der Waals surface area contributed by atoms with E-state index in [2.05, 4.69) is 15.5 Å². The zero-order chi connectivity index (χ0) is 17.4. The Bertz CT molecular complexity index is 676. The van der Waals surface area contributed by atoms with Gasteiger partial charge in [0.2, 0.25) is 11.0 Å². The fourth-order valence-electron chi connectivity index (χ4n) is 2.09. The van der Waals surface area contributed by atoms with E-state index in [1.165, 1.54) is 23.1 Å². The summed E-state index contributed by atoms with van der Waals surface area (Å²) in [6.07, 6.45) is 0.694. The number of anilines is 1. The van der Waals surface area contributed by atoms with Gasteiger partial charge in [-0.05, 0) is 18.9 Å². The molecule has 1 atom stereocenters. The first-order valence-electron chi connectivity index (χ1n) is 7.61. The van der Waals surface area contributed by atoms with Crippen molar-refractivity contribution in [1.29, 1.82) is 0 Å². The molecule has 1 heterocycles. The monoisotopic (exact) mass is 365 g/mol. The lowest BCUT2D eigenvalue weighted by Crippen LogP contribution is -2.20. The molecule has 0 spiro atoms. The molecule has 0 aliphatic heterocycles. The van der Waals surface area contributed by atoms with E-state index in [-0.39, 0.29) is 23.5 Å². The number of nitrogens with one attached hydrogen (secondary N) is 1. The fourth-order valence-corrected chi connectivity index (χ4v) is 3.65. The first-order chi connectivity index (χ1) is 11.6. The van der Waals surface area contributed by atoms with Crippen molar-refractivity contribution >= 4 is 40.1 Å². The lowest BCUT2D eigenvalue weighted by Gasteiger charge is -2.13. The molecule has 2 rings (SSSR count). The van der Waals surface area contributed by atoms with Gasteiger partial charge in [0.05, 0.1) is 18.3 Å². The molecule has 128 valence electrons. The number of thioether (sulfide) groups is 1. The molecule has 1 aromatic heterocycles. The number of carbonyl (C=O) groups is 2. The van der Waals surface area contributed by atoms with Crippen molar-refractivity contribution in [3.63, 3.8) is 0 Å². The van der Waals surface area contributed by atoms with Gasteiger partial charge >= 0.3 is 5.97 Å². The summed E-state index contributed by atoms with van der Waals surface area (Å²) in [5, 5.41) is 11.2. The largest absolute Gasteiger partial charge is 0.465 e. The smallest absolute Gasteiger partial charge is 0.316 e. The molecule has 1 aromatic carbocycles. The highest BCUT2D eigenvalue weighted by Gasteiger charge is 2.20. The van der Waals surface area contributed by atoms with Crippen LogP contribution in [0.3, 0.4) is 0 Å². The number of aromatic nitrogens is 2. The van der Waals surface area contributed by atoms with Gasteiger partial charge in [-0.3, -0.25) is 14.9 Å². The lowest BCUT2D eigenvalue weighted by atomic mass is 9.96. The predicted molar refractivity (Wildman–Crippen MR) is 95.4 cm³/mol. The van der Waals surface area contributed by atoms with Crippen LogP contribution in [0, 0.1) is 0 Å². The third-order valence-corrected chi connectivity index (χ3v) is 5.13. The minimum atomic E-state index is -0.293. The van der Waals surface area contributed by atoms with Gasteiger partial charge in [-0.15, -0.1) is 10.2 Å². The summed E-state index contributed by atoms with van der Waals surface area (Å²) in [4.78, 5) is 23.8. The maximum Gasteiger partial charge on any atom is 0.316 e. The fraction of sp³-hybridized carbons (Fsp3) is 0.375. The zero-order valence-corrected chi connectivity index (χ0v) is 15.2. The van der Waals surface area contributed by atoms with Crippen LogP contribution in [0.4, 0.5) is 5.13 Å². The molecular formula is C16H19N3O3S2. The highest BCUT2D eigenvalue weighted by molar-refractivity contribution is 8.01. The lowest BCUT2D eigenvalue weighted by molar-refractivity contribution is -0.139. The van der Waals surface area contributed by atoms with Gasteiger partial charge < -0.3 is 4.74 Å². The number of rotatable bonds is 8. The standard InChI is InChI=1S/C16H19N3O3S2/c1-3-12(11-8-6-5-7-9-11)14(21)17-15-18-19-16(24-15)23-10-13(20)22-4-2/h5-9,12H,3-4,10H2,1-2H3,(H,17,18,21)/t12-/m1/s1. The number of hydrogen-bond acceptors (Lipinski definition) is 7. The number of ether oxygens (including phenoxy) is 1. The van der Waals surface area contributed by atoms with Crippen molar-refractivity contribution in [2.45, 2.75) is 30.5 Å². The number of nitrogens with zero attached hydrogens (tertiary/aromatic N) is 2. The van der Waals surface area contributed by atoms with Gasteiger partial charge in [-0.25, -0.2) is 0 Å². The highest BCUT2D eigenvalue weighted by atomic mass is 32.2. The van der Waals surface area contributed by atoms with Gasteiger partial charge in [-0.1, -0.05) is 60.4 Å². The second kappa shape index (κ2) is 9.39. The Morgan fingerprint density at radius 1 is 1.25 bits per heavy atom. The quantitative estimate of drug-likeness (QED) is 0.439. The van der Waals surface area contributed by atoms with Crippen molar-refractivity contribution in [2.75, 3.05) is 17.7 Å². The van der Waals surface area contributed by atoms with Crippen molar-refractivity contribution in [2.24, 2.45) is 0 Å². The molecule has 6 nitrogen and oxygen atoms in total. The molecule has 0 radical (unpaired) electrons. The zero-order valence-electron chi connectivity index (χ0n) is 13.5. The molecule has 0 unspecified atom stereocenters. The van der Waals surface area contributed by atoms with E-state index >= 15 is 0 Å². The summed E-state index contributed by atoms with van der Waals surface area (Å²) in [7, 11) is 0. The van der Waals surface area contributed by atoms with Crippen LogP contribution in [0.1, 0.15) is 31.7 Å². The molecule has 0 saturated heterocycles. The molecule has 0 aliphatic rings. The van der Waals surface area contributed by atoms with Crippen LogP contribution in [0.25, 0.3) is 0 Å². The van der Waals surface area contributed by atoms with E-state index in [4.69, 9.17) is 4.74 Å². The Labute approximate surface area is 149 Å². The third-order valence-electron chi connectivity index (χ3n) is 3.18. The molecule has 0 fully saturated rings. The average Bonchev–Trinajstić information content (AvgIpc) is 3.02. The van der Waals surface area contributed by atoms with Gasteiger partial charge in [0.25, 0.3) is 0 Å². The molecule has 0 bridgehead atoms. The van der Waals surface area contributed by atoms with Crippen LogP contribution in [0.5, 0.6) is 0 Å². The van der Waals surface area contributed by atoms with Crippen LogP contribution >= 0.6 is 23.1 Å². The summed E-state index contributed by atoms with van der Waals surface area (Å²) in [6, 6.07) is 9.63. The second-order valence-corrected chi connectivity index (χ2v) is 7.03. The van der Waals surface area contributed by atoms with Gasteiger partial charge in [-0.2, -0.15) is 0 Å². The molecule has 0 saturated carbocycles. The SMILES string of the molecule is CCOC(=O)CSc1nnc(NC(=O)[C@H](CC)c2ccccc2)s1. The summed E-state index contributed by atoms with van der Waals surface area (Å²) < 4.78 is 5.47. The molecular weight excluding hydrogens is 346 g/mol. The number of benzene rings is 1. The van der Waals surface area contributed by atoms with Crippen LogP contribution in [-0.2, 0) is 14.3 Å². The van der Waals surface area contributed by atoms with E-state index in [1.807, 2.05) is 37.3 Å². The van der Waals surface area contributed by atoms with Crippen LogP contribution in [0.15, 0.2) is 34.7 Å². The topological polar surface area (TPSA) is 81.2 Å². The maximum atomic E-state index is 12.5. The summed E-state index contributed by atoms with van der Waals surface area (Å²) >= 11 is 2.49. The minimum Gasteiger partial charge on any atom is -0.465 e. The number of amides is 1. The normalized spacial score (nSPS) is 11.8. The first kappa shape index (κ1) is 18.4. The minimum absolute atomic E-state index is 0.109. The molecule has 1 N–H and O–H groups in total. The van der Waals surface area contributed by atoms with E-state index in [0.29, 0.717) is 22.5 Å². The Morgan fingerprint density at radius 2 is 2.00 bits per heavy atom. The number of esters is 1. The third kappa shape index (κ3) is 5.31. The average molecular weight is 365 g/mol. The maximum absolute atomic E-state index is 12.5. The Morgan fingerprint density at radius 3 is 2.67 bits per heavy atom. The molecule has 24 heavy (non-hydrogen) atoms. The summed E-state index contributed by atoms with van der Waals surface area (Å²) in [5.41, 5.74) is 0.971. The first-order valence-corrected chi connectivity index (χ1v) is 9.42. The molecule has 0 aliphatic carbocycles. The Hall–Kier alpha value is -1.93. The van der Waals surface area contributed by atoms with Crippen molar-refractivity contribution < 1.29 is 14.3 Å². The Balaban J connectivity index is 1.93. The van der Waals surface area contributed by atoms with Crippen LogP contribution < -0.4 is 5.32 Å². The van der Waals surface area contributed by atoms with E-state index in [9.17, 15) is 9.59 Å². The van der Waals surface area contributed by atoms with E-state index in [0.717, 1.165) is 5.56 Å². The molecule has 1 amide bonds. The van der Waals surface area contributed by atoms with Gasteiger partial charge in [0.15, 0.2) is 4.34 Å². The number of hydrogen-bond donors (Lipinski definition) is 1. The van der Waals surface area contributed by atoms with Crippen LogP contribution in [0.2, 0.25) is 0 Å². The summed E-state index contributed by atoms with van der Waals surface area (Å²) in [6.45, 7) is 4.09. The summed E-state index contributed by atoms with van der Waals surface area (Å²) in [5.74, 6) is -0.455. The Kier molecular flexibility index (Phi) is 7.20. The van der Waals surface area contributed by atoms with Crippen LogP contribution in [-0.4, -0.2) is 34.4 Å².